The van der Waals surface area contributed by atoms with Crippen LogP contribution in [0.3, 0.4) is 0 Å². The molecule has 8 nitrogen and oxygen atoms in total. The van der Waals surface area contributed by atoms with Gasteiger partial charge in [0.1, 0.15) is 5.69 Å². The Morgan fingerprint density at radius 1 is 1.60 bits per heavy atom. The average molecular weight is 280 g/mol. The van der Waals surface area contributed by atoms with Crippen LogP contribution < -0.4 is 11.1 Å². The molecule has 1 saturated heterocycles. The number of nitrogens with zero attached hydrogens (tertiary/aromatic N) is 4. The number of piperidine rings is 1. The van der Waals surface area contributed by atoms with Gasteiger partial charge in [-0.25, -0.2) is 4.98 Å². The van der Waals surface area contributed by atoms with Crippen LogP contribution in [0.5, 0.6) is 0 Å². The summed E-state index contributed by atoms with van der Waals surface area (Å²) in [5.74, 6) is 0.0708. The average Bonchev–Trinajstić information content (AvgIpc) is 2.87. The second-order valence-electron chi connectivity index (χ2n) is 5.04. The Balaban J connectivity index is 1.78. The Bertz CT molecular complexity index is 490. The van der Waals surface area contributed by atoms with E-state index in [0.717, 1.165) is 25.9 Å². The molecule has 1 aliphatic heterocycles. The van der Waals surface area contributed by atoms with Gasteiger partial charge in [0.15, 0.2) is 5.84 Å². The van der Waals surface area contributed by atoms with Crippen molar-refractivity contribution >= 4 is 11.7 Å². The Hall–Kier alpha value is -2.09. The predicted molar refractivity (Wildman–Crippen MR) is 73.5 cm³/mol. The molecule has 20 heavy (non-hydrogen) atoms. The number of aryl methyl sites for hydroxylation is 1. The van der Waals surface area contributed by atoms with Crippen LogP contribution in [0, 0.1) is 0 Å². The van der Waals surface area contributed by atoms with E-state index in [1.807, 2.05) is 7.05 Å². The molecule has 1 amide bonds. The number of carbonyl (C=O) groups is 1. The van der Waals surface area contributed by atoms with Gasteiger partial charge in [-0.1, -0.05) is 5.16 Å². The molecule has 0 atom stereocenters. The molecule has 1 aliphatic rings. The summed E-state index contributed by atoms with van der Waals surface area (Å²) in [6.07, 6.45) is 4.99. The number of amidine groups is 1. The maximum Gasteiger partial charge on any atom is 0.271 e. The van der Waals surface area contributed by atoms with Gasteiger partial charge in [-0.3, -0.25) is 9.69 Å². The number of nitrogens with two attached hydrogens (primary N) is 1. The first kappa shape index (κ1) is 14.3. The van der Waals surface area contributed by atoms with Gasteiger partial charge in [0, 0.05) is 32.4 Å². The second kappa shape index (κ2) is 6.38. The number of hydrogen-bond donors (Lipinski definition) is 3. The third kappa shape index (κ3) is 3.70. The number of hydrogen-bond acceptors (Lipinski definition) is 5. The van der Waals surface area contributed by atoms with Crippen LogP contribution in [-0.2, 0) is 7.05 Å². The summed E-state index contributed by atoms with van der Waals surface area (Å²) >= 11 is 0. The molecule has 0 radical (unpaired) electrons. The van der Waals surface area contributed by atoms with E-state index in [0.29, 0.717) is 12.2 Å². The molecule has 0 saturated carbocycles. The Morgan fingerprint density at radius 2 is 2.30 bits per heavy atom. The molecule has 2 rings (SSSR count). The number of carbonyl (C=O) groups excluding carboxylic acids is 1. The van der Waals surface area contributed by atoms with Crippen molar-refractivity contribution in [3.63, 3.8) is 0 Å². The summed E-state index contributed by atoms with van der Waals surface area (Å²) in [4.78, 5) is 18.1. The molecule has 1 aromatic rings. The van der Waals surface area contributed by atoms with Crippen molar-refractivity contribution in [2.24, 2.45) is 17.9 Å². The highest BCUT2D eigenvalue weighted by Gasteiger charge is 2.22. The van der Waals surface area contributed by atoms with Crippen molar-refractivity contribution < 1.29 is 10.0 Å². The number of likely N-dealkylation sites (tertiary alicyclic amines) is 1. The maximum atomic E-state index is 12.0. The van der Waals surface area contributed by atoms with E-state index in [-0.39, 0.29) is 17.8 Å². The quantitative estimate of drug-likeness (QED) is 0.294. The van der Waals surface area contributed by atoms with Crippen LogP contribution in [0.1, 0.15) is 23.3 Å². The largest absolute Gasteiger partial charge is 0.409 e. The van der Waals surface area contributed by atoms with Gasteiger partial charge >= 0.3 is 0 Å². The lowest BCUT2D eigenvalue weighted by Gasteiger charge is -2.31. The van der Waals surface area contributed by atoms with E-state index in [4.69, 9.17) is 10.9 Å². The second-order valence-corrected chi connectivity index (χ2v) is 5.04. The summed E-state index contributed by atoms with van der Waals surface area (Å²) in [5.41, 5.74) is 5.91. The van der Waals surface area contributed by atoms with Crippen molar-refractivity contribution in [1.29, 1.82) is 0 Å². The first-order chi connectivity index (χ1) is 9.58. The van der Waals surface area contributed by atoms with E-state index in [1.165, 1.54) is 0 Å². The Kier molecular flexibility index (Phi) is 4.57. The fourth-order valence-corrected chi connectivity index (χ4v) is 2.29. The highest BCUT2D eigenvalue weighted by atomic mass is 16.4. The normalized spacial score (nSPS) is 18.1. The molecule has 1 fully saturated rings. The van der Waals surface area contributed by atoms with E-state index in [9.17, 15) is 4.79 Å². The maximum absolute atomic E-state index is 12.0. The van der Waals surface area contributed by atoms with Crippen LogP contribution in [0.4, 0.5) is 0 Å². The van der Waals surface area contributed by atoms with Crippen molar-refractivity contribution in [3.8, 4) is 0 Å². The monoisotopic (exact) mass is 280 g/mol. The van der Waals surface area contributed by atoms with Crippen molar-refractivity contribution in [3.05, 3.63) is 18.2 Å². The van der Waals surface area contributed by atoms with Crippen LogP contribution in [0.2, 0.25) is 0 Å². The van der Waals surface area contributed by atoms with Crippen molar-refractivity contribution in [2.45, 2.75) is 18.9 Å². The third-order valence-corrected chi connectivity index (χ3v) is 3.37. The topological polar surface area (TPSA) is 109 Å². The number of oxime groups is 1. The van der Waals surface area contributed by atoms with Crippen LogP contribution in [0.25, 0.3) is 0 Å². The lowest BCUT2D eigenvalue weighted by Crippen LogP contribution is -2.46. The molecule has 8 heteroatoms. The molecule has 0 aromatic carbocycles. The Morgan fingerprint density at radius 3 is 2.85 bits per heavy atom. The zero-order valence-corrected chi connectivity index (χ0v) is 11.5. The lowest BCUT2D eigenvalue weighted by atomic mass is 10.0. The van der Waals surface area contributed by atoms with E-state index in [2.05, 4.69) is 20.4 Å². The minimum atomic E-state index is -0.138. The standard InChI is InChI=1S/C12H20N6O2/c1-17-6-10(14-8-17)12(19)15-9-2-4-18(5-3-9)7-11(13)16-20/h6,8-9,20H,2-5,7H2,1H3,(H2,13,16)(H,15,19). The molecular weight excluding hydrogens is 260 g/mol. The molecule has 4 N–H and O–H groups in total. The van der Waals surface area contributed by atoms with E-state index in [1.54, 1.807) is 17.1 Å². The summed E-state index contributed by atoms with van der Waals surface area (Å²) in [6.45, 7) is 2.07. The fourth-order valence-electron chi connectivity index (χ4n) is 2.29. The number of imidazole rings is 1. The lowest BCUT2D eigenvalue weighted by molar-refractivity contribution is 0.0910. The van der Waals surface area contributed by atoms with E-state index >= 15 is 0 Å². The van der Waals surface area contributed by atoms with Gasteiger partial charge in [-0.15, -0.1) is 0 Å². The van der Waals surface area contributed by atoms with Gasteiger partial charge in [0.25, 0.3) is 5.91 Å². The van der Waals surface area contributed by atoms with Crippen molar-refractivity contribution in [1.82, 2.24) is 19.8 Å². The van der Waals surface area contributed by atoms with Gasteiger partial charge in [-0.2, -0.15) is 0 Å². The third-order valence-electron chi connectivity index (χ3n) is 3.37. The summed E-state index contributed by atoms with van der Waals surface area (Å²) in [6, 6.07) is 0.146. The SMILES string of the molecule is Cn1cnc(C(=O)NC2CCN(CC(N)=NO)CC2)c1. The molecular formula is C12H20N6O2. The Labute approximate surface area is 117 Å². The number of aromatic nitrogens is 2. The van der Waals surface area contributed by atoms with Gasteiger partial charge in [-0.05, 0) is 12.8 Å². The molecule has 0 bridgehead atoms. The molecule has 0 aliphatic carbocycles. The van der Waals surface area contributed by atoms with Crippen molar-refractivity contribution in [2.75, 3.05) is 19.6 Å². The van der Waals surface area contributed by atoms with Gasteiger partial charge in [0.2, 0.25) is 0 Å². The van der Waals surface area contributed by atoms with Crippen LogP contribution >= 0.6 is 0 Å². The van der Waals surface area contributed by atoms with E-state index < -0.39 is 0 Å². The highest BCUT2D eigenvalue weighted by Crippen LogP contribution is 2.10. The van der Waals surface area contributed by atoms with Crippen LogP contribution in [-0.4, -0.2) is 57.1 Å². The van der Waals surface area contributed by atoms with Gasteiger partial charge < -0.3 is 20.8 Å². The predicted octanol–water partition coefficient (Wildman–Crippen LogP) is -0.639. The smallest absolute Gasteiger partial charge is 0.271 e. The first-order valence-corrected chi connectivity index (χ1v) is 6.56. The molecule has 0 spiro atoms. The molecule has 2 heterocycles. The summed E-state index contributed by atoms with van der Waals surface area (Å²) in [7, 11) is 1.83. The number of nitrogens with one attached hydrogen (secondary N) is 1. The summed E-state index contributed by atoms with van der Waals surface area (Å²) < 4.78 is 1.74. The van der Waals surface area contributed by atoms with Crippen LogP contribution in [0.15, 0.2) is 17.7 Å². The van der Waals surface area contributed by atoms with Gasteiger partial charge in [0.05, 0.1) is 12.9 Å². The summed E-state index contributed by atoms with van der Waals surface area (Å²) in [5, 5.41) is 14.5. The molecule has 1 aromatic heterocycles. The first-order valence-electron chi connectivity index (χ1n) is 6.56. The zero-order chi connectivity index (χ0) is 14.5. The molecule has 0 unspecified atom stereocenters. The fraction of sp³-hybridized carbons (Fsp3) is 0.583. The minimum Gasteiger partial charge on any atom is -0.409 e. The highest BCUT2D eigenvalue weighted by molar-refractivity contribution is 5.92. The number of rotatable bonds is 4. The zero-order valence-electron chi connectivity index (χ0n) is 11.5. The number of amides is 1. The minimum absolute atomic E-state index is 0.138. The molecule has 110 valence electrons.